The number of ether oxygens (including phenoxy) is 1. The van der Waals surface area contributed by atoms with Crippen LogP contribution in [-0.2, 0) is 16.0 Å². The maximum absolute atomic E-state index is 14.3. The van der Waals surface area contributed by atoms with E-state index >= 15 is 0 Å². The zero-order valence-corrected chi connectivity index (χ0v) is 21.5. The normalized spacial score (nSPS) is 12.0. The minimum atomic E-state index is -1.69. The van der Waals surface area contributed by atoms with Crippen molar-refractivity contribution < 1.29 is 23.8 Å². The molecule has 4 rings (SSSR count). The van der Waals surface area contributed by atoms with Crippen molar-refractivity contribution in [1.29, 1.82) is 5.26 Å². The van der Waals surface area contributed by atoms with Gasteiger partial charge in [-0.1, -0.05) is 0 Å². The Bertz CT molecular complexity index is 1560. The number of alkyl halides is 1. The number of carbonyl (C=O) groups excluding carboxylic acids is 2. The number of nitriles is 1. The van der Waals surface area contributed by atoms with E-state index in [1.54, 1.807) is 40.9 Å². The average molecular weight is 532 g/mol. The first-order valence-corrected chi connectivity index (χ1v) is 11.9. The van der Waals surface area contributed by atoms with Crippen molar-refractivity contribution in [2.75, 3.05) is 19.0 Å². The highest BCUT2D eigenvalue weighted by Gasteiger charge is 2.27. The standard InChI is InChI=1S/C27H26FN7O4/c1-27(2,38)24(28)15-32-26(37)20-14-31-22(23-7-6-19-8-16(11-29)12-33-35(19)23)10-21(20)34-18-5-4-17(30-13-18)9-25(36)39-3/h4-8,10,12-14,24,38H,9,15H2,1-3H3,(H,31,34)(H,32,37)/t24-/m1/s1. The molecular weight excluding hydrogens is 505 g/mol. The van der Waals surface area contributed by atoms with Crippen LogP contribution in [0.4, 0.5) is 15.8 Å². The third-order valence-electron chi connectivity index (χ3n) is 5.91. The van der Waals surface area contributed by atoms with Crippen molar-refractivity contribution in [2.45, 2.75) is 32.0 Å². The number of anilines is 2. The number of aromatic nitrogens is 4. The maximum atomic E-state index is 14.3. The van der Waals surface area contributed by atoms with E-state index in [-0.39, 0.29) is 12.0 Å². The smallest absolute Gasteiger partial charge is 0.311 e. The fourth-order valence-corrected chi connectivity index (χ4v) is 3.64. The molecule has 0 aliphatic rings. The van der Waals surface area contributed by atoms with Gasteiger partial charge in [-0.2, -0.15) is 10.4 Å². The number of fused-ring (bicyclic) bond motifs is 1. The van der Waals surface area contributed by atoms with Crippen LogP contribution in [0, 0.1) is 11.3 Å². The van der Waals surface area contributed by atoms with E-state index in [0.717, 1.165) is 0 Å². The van der Waals surface area contributed by atoms with Crippen molar-refractivity contribution in [1.82, 2.24) is 24.9 Å². The molecule has 1 amide bonds. The Labute approximate surface area is 223 Å². The van der Waals surface area contributed by atoms with Gasteiger partial charge in [0.2, 0.25) is 0 Å². The number of halogens is 1. The first-order chi connectivity index (χ1) is 18.6. The fraction of sp³-hybridized carbons (Fsp3) is 0.259. The van der Waals surface area contributed by atoms with E-state index < -0.39 is 30.2 Å². The predicted molar refractivity (Wildman–Crippen MR) is 140 cm³/mol. The van der Waals surface area contributed by atoms with E-state index in [0.29, 0.717) is 39.5 Å². The summed E-state index contributed by atoms with van der Waals surface area (Å²) in [5.74, 6) is -1.02. The lowest BCUT2D eigenvalue weighted by atomic mass is 10.0. The number of pyridine rings is 2. The van der Waals surface area contributed by atoms with Gasteiger partial charge in [-0.05, 0) is 50.2 Å². The molecule has 11 nitrogen and oxygen atoms in total. The Kier molecular flexibility index (Phi) is 7.83. The van der Waals surface area contributed by atoms with Gasteiger partial charge in [0, 0.05) is 6.20 Å². The molecule has 0 spiro atoms. The molecule has 4 heterocycles. The van der Waals surface area contributed by atoms with Crippen LogP contribution in [-0.4, -0.2) is 62.0 Å². The summed E-state index contributed by atoms with van der Waals surface area (Å²) in [6.45, 7) is 2.24. The third-order valence-corrected chi connectivity index (χ3v) is 5.91. The molecule has 1 atom stereocenters. The maximum Gasteiger partial charge on any atom is 0.311 e. The first kappa shape index (κ1) is 27.2. The summed E-state index contributed by atoms with van der Waals surface area (Å²) < 4.78 is 20.6. The van der Waals surface area contributed by atoms with Gasteiger partial charge in [-0.15, -0.1) is 0 Å². The highest BCUT2D eigenvalue weighted by molar-refractivity contribution is 6.00. The van der Waals surface area contributed by atoms with E-state index in [9.17, 15) is 19.1 Å². The number of carbonyl (C=O) groups is 2. The lowest BCUT2D eigenvalue weighted by molar-refractivity contribution is -0.139. The quantitative estimate of drug-likeness (QED) is 0.277. The molecule has 0 saturated carbocycles. The number of nitrogens with zero attached hydrogens (tertiary/aromatic N) is 5. The van der Waals surface area contributed by atoms with E-state index in [2.05, 4.69) is 36.5 Å². The average Bonchev–Trinajstić information content (AvgIpc) is 3.35. The van der Waals surface area contributed by atoms with Gasteiger partial charge in [-0.3, -0.25) is 19.6 Å². The van der Waals surface area contributed by atoms with Crippen LogP contribution in [0.5, 0.6) is 0 Å². The van der Waals surface area contributed by atoms with Gasteiger partial charge < -0.3 is 20.5 Å². The van der Waals surface area contributed by atoms with Gasteiger partial charge in [0.15, 0.2) is 0 Å². The second-order valence-electron chi connectivity index (χ2n) is 9.27. The van der Waals surface area contributed by atoms with Gasteiger partial charge in [0.25, 0.3) is 5.91 Å². The van der Waals surface area contributed by atoms with E-state index in [1.165, 1.54) is 39.5 Å². The van der Waals surface area contributed by atoms with Gasteiger partial charge in [0.1, 0.15) is 12.2 Å². The fourth-order valence-electron chi connectivity index (χ4n) is 3.64. The van der Waals surface area contributed by atoms with Gasteiger partial charge in [0.05, 0.1) is 83.2 Å². The number of amides is 1. The third kappa shape index (κ3) is 6.34. The largest absolute Gasteiger partial charge is 0.469 e. The van der Waals surface area contributed by atoms with Gasteiger partial charge >= 0.3 is 5.97 Å². The first-order valence-electron chi connectivity index (χ1n) is 11.9. The molecule has 39 heavy (non-hydrogen) atoms. The molecule has 0 radical (unpaired) electrons. The summed E-state index contributed by atoms with van der Waals surface area (Å²) in [6, 6.07) is 12.3. The number of hydrogen-bond donors (Lipinski definition) is 3. The van der Waals surface area contributed by atoms with Crippen LogP contribution < -0.4 is 10.6 Å². The van der Waals surface area contributed by atoms with Crippen LogP contribution in [0.25, 0.3) is 16.9 Å². The summed E-state index contributed by atoms with van der Waals surface area (Å²) in [6.07, 6.45) is 2.62. The lowest BCUT2D eigenvalue weighted by Gasteiger charge is -2.22. The minimum absolute atomic E-state index is 0.0112. The summed E-state index contributed by atoms with van der Waals surface area (Å²) in [5.41, 5.74) is 2.06. The molecule has 12 heteroatoms. The number of rotatable bonds is 9. The van der Waals surface area contributed by atoms with E-state index in [1.807, 2.05) is 0 Å². The summed E-state index contributed by atoms with van der Waals surface area (Å²) in [5, 5.41) is 29.0. The number of aliphatic hydroxyl groups is 1. The molecule has 3 N–H and O–H groups in total. The van der Waals surface area contributed by atoms with Crippen molar-refractivity contribution >= 4 is 28.8 Å². The topological polar surface area (TPSA) is 155 Å². The molecule has 4 aromatic heterocycles. The number of nitrogens with one attached hydrogen (secondary N) is 2. The van der Waals surface area contributed by atoms with Gasteiger partial charge in [-0.25, -0.2) is 8.91 Å². The van der Waals surface area contributed by atoms with Crippen molar-refractivity contribution in [2.24, 2.45) is 0 Å². The lowest BCUT2D eigenvalue weighted by Crippen LogP contribution is -2.42. The molecule has 0 bridgehead atoms. The molecule has 0 fully saturated rings. The summed E-state index contributed by atoms with van der Waals surface area (Å²) >= 11 is 0. The van der Waals surface area contributed by atoms with Crippen molar-refractivity contribution in [3.63, 3.8) is 0 Å². The number of esters is 1. The highest BCUT2D eigenvalue weighted by atomic mass is 19.1. The Morgan fingerprint density at radius 1 is 1.18 bits per heavy atom. The molecule has 0 unspecified atom stereocenters. The summed E-state index contributed by atoms with van der Waals surface area (Å²) in [4.78, 5) is 33.2. The van der Waals surface area contributed by atoms with E-state index in [4.69, 9.17) is 5.26 Å². The highest BCUT2D eigenvalue weighted by Crippen LogP contribution is 2.28. The van der Waals surface area contributed by atoms with Crippen LogP contribution in [0.3, 0.4) is 0 Å². The van der Waals surface area contributed by atoms with Crippen LogP contribution in [0.1, 0.15) is 35.5 Å². The van der Waals surface area contributed by atoms with Crippen LogP contribution >= 0.6 is 0 Å². The molecular formula is C27H26FN7O4. The zero-order chi connectivity index (χ0) is 28.2. The molecule has 4 aromatic rings. The van der Waals surface area contributed by atoms with Crippen LogP contribution in [0.15, 0.2) is 55.0 Å². The minimum Gasteiger partial charge on any atom is -0.469 e. The number of methoxy groups -OCH3 is 1. The Morgan fingerprint density at radius 2 is 1.97 bits per heavy atom. The second-order valence-corrected chi connectivity index (χ2v) is 9.27. The molecule has 200 valence electrons. The monoisotopic (exact) mass is 531 g/mol. The molecule has 0 saturated heterocycles. The Hall–Kier alpha value is -4.89. The molecule has 0 aromatic carbocycles. The summed E-state index contributed by atoms with van der Waals surface area (Å²) in [7, 11) is 1.30. The Morgan fingerprint density at radius 3 is 2.64 bits per heavy atom. The van der Waals surface area contributed by atoms with Crippen LogP contribution in [0.2, 0.25) is 0 Å². The Balaban J connectivity index is 1.68. The van der Waals surface area contributed by atoms with Crippen molar-refractivity contribution in [3.8, 4) is 17.5 Å². The SMILES string of the molecule is COC(=O)Cc1ccc(Nc2cc(-c3ccc4cc(C#N)cnn34)ncc2C(=O)NC[C@@H](F)C(C)(C)O)cn1. The number of hydrogen-bond acceptors (Lipinski definition) is 9. The van der Waals surface area contributed by atoms with Crippen molar-refractivity contribution in [3.05, 3.63) is 71.8 Å². The predicted octanol–water partition coefficient (Wildman–Crippen LogP) is 2.96. The zero-order valence-electron chi connectivity index (χ0n) is 21.5. The second kappa shape index (κ2) is 11.2. The molecule has 0 aliphatic carbocycles. The molecule has 0 aliphatic heterocycles.